The van der Waals surface area contributed by atoms with Gasteiger partial charge >= 0.3 is 11.9 Å². The number of fused-ring (bicyclic) bond motifs is 3. The van der Waals surface area contributed by atoms with Gasteiger partial charge in [-0.05, 0) is 56.8 Å². The Labute approximate surface area is 227 Å². The zero-order valence-electron chi connectivity index (χ0n) is 22.0. The zero-order valence-corrected chi connectivity index (χ0v) is 22.0. The second-order valence-electron chi connectivity index (χ2n) is 10.6. The third kappa shape index (κ3) is 5.67. The minimum Gasteiger partial charge on any atom is -0.481 e. The van der Waals surface area contributed by atoms with Crippen LogP contribution in [0.1, 0.15) is 71.4 Å². The van der Waals surface area contributed by atoms with Gasteiger partial charge in [-0.3, -0.25) is 9.59 Å². The highest BCUT2D eigenvalue weighted by molar-refractivity contribution is 6.08. The first kappa shape index (κ1) is 26.8. The summed E-state index contributed by atoms with van der Waals surface area (Å²) in [5.41, 5.74) is 2.52. The Hall–Kier alpha value is -3.75. The van der Waals surface area contributed by atoms with Crippen LogP contribution in [0.5, 0.6) is 0 Å². The average Bonchev–Trinajstić information content (AvgIpc) is 3.61. The van der Waals surface area contributed by atoms with Crippen molar-refractivity contribution in [3.63, 3.8) is 0 Å². The molecule has 3 aliphatic rings. The van der Waals surface area contributed by atoms with Crippen LogP contribution in [-0.2, 0) is 20.9 Å². The van der Waals surface area contributed by atoms with Crippen LogP contribution in [0, 0.1) is 0 Å². The van der Waals surface area contributed by atoms with E-state index in [0.29, 0.717) is 41.9 Å². The number of carboxylic acids is 1. The lowest BCUT2D eigenvalue weighted by Gasteiger charge is -2.36. The van der Waals surface area contributed by atoms with Crippen LogP contribution >= 0.6 is 0 Å². The van der Waals surface area contributed by atoms with Crippen LogP contribution in [0.4, 0.5) is 0 Å². The number of benzene rings is 2. The van der Waals surface area contributed by atoms with Gasteiger partial charge in [0.05, 0.1) is 11.6 Å². The van der Waals surface area contributed by atoms with Crippen LogP contribution < -0.4 is 0 Å². The van der Waals surface area contributed by atoms with E-state index in [2.05, 4.69) is 11.9 Å². The van der Waals surface area contributed by atoms with Crippen molar-refractivity contribution >= 4 is 17.7 Å². The first-order chi connectivity index (χ1) is 18.8. The third-order valence-electron chi connectivity index (χ3n) is 8.26. The predicted molar refractivity (Wildman–Crippen MR) is 144 cm³/mol. The summed E-state index contributed by atoms with van der Waals surface area (Å²) in [6.45, 7) is 0.590. The van der Waals surface area contributed by atoms with Crippen molar-refractivity contribution in [2.75, 3.05) is 7.05 Å². The van der Waals surface area contributed by atoms with Crippen LogP contribution in [0.2, 0.25) is 0 Å². The standard InChI is InChI=1S/C16H21NO3.C15H13NO3/c1-17-12-7-8-13(17)10-14(9-12)20-16(19)15(18)11-5-3-2-4-6-11;17-14(10-4-2-1-3-5-10)13-7-6-12-11(15(18)19)8-9-16(12)13/h2-6,12-15,18H,7-10H2,1H3;1-7,11H,8-9H2,(H,18,19)/t12-,13+,14+,15?;. The molecular formula is C31H34N2O6. The van der Waals surface area contributed by atoms with Gasteiger partial charge in [0, 0.05) is 29.9 Å². The van der Waals surface area contributed by atoms with Crippen molar-refractivity contribution in [3.8, 4) is 0 Å². The molecule has 0 spiro atoms. The predicted octanol–water partition coefficient (Wildman–Crippen LogP) is 4.18. The maximum atomic E-state index is 12.4. The Morgan fingerprint density at radius 3 is 2.10 bits per heavy atom. The first-order valence-electron chi connectivity index (χ1n) is 13.5. The van der Waals surface area contributed by atoms with E-state index in [-0.39, 0.29) is 11.9 Å². The molecule has 0 saturated carbocycles. The molecule has 2 bridgehead atoms. The number of carbonyl (C=O) groups excluding carboxylic acids is 2. The molecule has 0 amide bonds. The highest BCUT2D eigenvalue weighted by atomic mass is 16.6. The largest absolute Gasteiger partial charge is 0.481 e. The number of aliphatic hydroxyl groups excluding tert-OH is 1. The summed E-state index contributed by atoms with van der Waals surface area (Å²) in [5.74, 6) is -1.89. The van der Waals surface area contributed by atoms with Gasteiger partial charge in [-0.2, -0.15) is 0 Å². The van der Waals surface area contributed by atoms with Crippen LogP contribution in [0.25, 0.3) is 0 Å². The lowest BCUT2D eigenvalue weighted by atomic mass is 10.0. The van der Waals surface area contributed by atoms with Gasteiger partial charge < -0.3 is 24.4 Å². The molecule has 39 heavy (non-hydrogen) atoms. The highest BCUT2D eigenvalue weighted by Crippen LogP contribution is 2.36. The maximum Gasteiger partial charge on any atom is 0.339 e. The van der Waals surface area contributed by atoms with E-state index >= 15 is 0 Å². The fraction of sp³-hybridized carbons (Fsp3) is 0.387. The third-order valence-corrected chi connectivity index (χ3v) is 8.26. The Kier molecular flexibility index (Phi) is 7.95. The van der Waals surface area contributed by atoms with Crippen molar-refractivity contribution < 1.29 is 29.3 Å². The summed E-state index contributed by atoms with van der Waals surface area (Å²) >= 11 is 0. The number of nitrogens with zero attached hydrogens (tertiary/aromatic N) is 2. The van der Waals surface area contributed by atoms with Crippen molar-refractivity contribution in [1.82, 2.24) is 9.47 Å². The summed E-state index contributed by atoms with van der Waals surface area (Å²) in [6.07, 6.45) is 3.50. The molecule has 0 radical (unpaired) electrons. The van der Waals surface area contributed by atoms with Gasteiger partial charge in [-0.25, -0.2) is 4.79 Å². The number of carbonyl (C=O) groups is 3. The lowest BCUT2D eigenvalue weighted by Crippen LogP contribution is -2.43. The van der Waals surface area contributed by atoms with Crippen molar-refractivity contribution in [2.45, 2.75) is 68.9 Å². The van der Waals surface area contributed by atoms with Crippen molar-refractivity contribution in [1.29, 1.82) is 0 Å². The fourth-order valence-electron chi connectivity index (χ4n) is 6.09. The Morgan fingerprint density at radius 1 is 0.872 bits per heavy atom. The second kappa shape index (κ2) is 11.6. The number of piperidine rings is 1. The molecule has 3 aliphatic heterocycles. The molecule has 2 N–H and O–H groups in total. The minimum absolute atomic E-state index is 0.0467. The van der Waals surface area contributed by atoms with Gasteiger partial charge in [-0.15, -0.1) is 0 Å². The molecule has 2 saturated heterocycles. The van der Waals surface area contributed by atoms with E-state index in [1.165, 1.54) is 12.8 Å². The van der Waals surface area contributed by atoms with E-state index in [1.54, 1.807) is 36.4 Å². The molecule has 8 nitrogen and oxygen atoms in total. The molecule has 1 aromatic heterocycles. The number of hydrogen-bond acceptors (Lipinski definition) is 6. The summed E-state index contributed by atoms with van der Waals surface area (Å²) in [6, 6.07) is 22.5. The molecule has 204 valence electrons. The van der Waals surface area contributed by atoms with Gasteiger partial charge in [0.2, 0.25) is 5.78 Å². The van der Waals surface area contributed by atoms with Gasteiger partial charge in [0.1, 0.15) is 6.10 Å². The molecule has 8 heteroatoms. The number of ketones is 1. The second-order valence-corrected chi connectivity index (χ2v) is 10.6. The van der Waals surface area contributed by atoms with Gasteiger partial charge in [0.15, 0.2) is 6.10 Å². The summed E-state index contributed by atoms with van der Waals surface area (Å²) in [5, 5.41) is 19.2. The van der Waals surface area contributed by atoms with Crippen LogP contribution in [-0.4, -0.2) is 62.6 Å². The highest BCUT2D eigenvalue weighted by Gasteiger charge is 2.40. The first-order valence-corrected chi connectivity index (χ1v) is 13.5. The Morgan fingerprint density at radius 2 is 1.49 bits per heavy atom. The molecule has 6 rings (SSSR count). The number of aliphatic carboxylic acids is 1. The fourth-order valence-corrected chi connectivity index (χ4v) is 6.09. The van der Waals surface area contributed by atoms with E-state index in [0.717, 1.165) is 18.5 Å². The smallest absolute Gasteiger partial charge is 0.339 e. The summed E-state index contributed by atoms with van der Waals surface area (Å²) < 4.78 is 7.35. The molecule has 2 aromatic carbocycles. The number of ether oxygens (including phenoxy) is 1. The summed E-state index contributed by atoms with van der Waals surface area (Å²) in [4.78, 5) is 37.9. The maximum absolute atomic E-state index is 12.4. The number of aliphatic hydroxyl groups is 1. The number of aromatic nitrogens is 1. The molecule has 2 fully saturated rings. The van der Waals surface area contributed by atoms with Crippen LogP contribution in [0.3, 0.4) is 0 Å². The number of esters is 1. The monoisotopic (exact) mass is 530 g/mol. The van der Waals surface area contributed by atoms with E-state index < -0.39 is 24.0 Å². The number of carboxylic acid groups (broad SMARTS) is 1. The lowest BCUT2D eigenvalue weighted by molar-refractivity contribution is -0.162. The van der Waals surface area contributed by atoms with Gasteiger partial charge in [0.25, 0.3) is 0 Å². The molecule has 2 unspecified atom stereocenters. The molecule has 5 atom stereocenters. The molecular weight excluding hydrogens is 496 g/mol. The van der Waals surface area contributed by atoms with Gasteiger partial charge in [-0.1, -0.05) is 60.7 Å². The van der Waals surface area contributed by atoms with E-state index in [9.17, 15) is 19.5 Å². The van der Waals surface area contributed by atoms with E-state index in [4.69, 9.17) is 9.84 Å². The van der Waals surface area contributed by atoms with Crippen molar-refractivity contribution in [2.24, 2.45) is 0 Å². The average molecular weight is 531 g/mol. The quantitative estimate of drug-likeness (QED) is 0.364. The van der Waals surface area contributed by atoms with Crippen LogP contribution in [0.15, 0.2) is 72.8 Å². The Balaban J connectivity index is 0.000000158. The normalized spacial score (nSPS) is 24.3. The number of rotatable bonds is 6. The Bertz CT molecular complexity index is 1310. The zero-order chi connectivity index (χ0) is 27.5. The number of hydrogen-bond donors (Lipinski definition) is 2. The molecule has 0 aliphatic carbocycles. The minimum atomic E-state index is -1.17. The topological polar surface area (TPSA) is 109 Å². The van der Waals surface area contributed by atoms with Crippen molar-refractivity contribution in [3.05, 3.63) is 95.3 Å². The molecule has 4 heterocycles. The van der Waals surface area contributed by atoms with E-state index in [1.807, 2.05) is 41.0 Å². The molecule has 3 aromatic rings. The summed E-state index contributed by atoms with van der Waals surface area (Å²) in [7, 11) is 2.15. The SMILES string of the molecule is CN1[C@@H]2CC[C@H]1C[C@@H](OC(=O)C(O)c1ccccc1)C2.O=C(c1ccccc1)c1ccc2n1CCC2C(=O)O.